The van der Waals surface area contributed by atoms with Crippen LogP contribution < -0.4 is 0 Å². The first-order valence-electron chi connectivity index (χ1n) is 5.99. The number of carbonyl (C=O) groups excluding carboxylic acids is 1. The third kappa shape index (κ3) is 4.77. The van der Waals surface area contributed by atoms with Crippen LogP contribution in [0.3, 0.4) is 0 Å². The summed E-state index contributed by atoms with van der Waals surface area (Å²) in [6.07, 6.45) is 6.88. The Hall–Kier alpha value is -0.860. The average Bonchev–Trinajstić information content (AvgIpc) is 2.16. The van der Waals surface area contributed by atoms with Gasteiger partial charge in [-0.05, 0) is 45.6 Å². The SMILES string of the molecule is CC(C)(C)OC(=O)/C(F)=C\C1CCCCC1. The summed E-state index contributed by atoms with van der Waals surface area (Å²) in [6, 6.07) is 0. The predicted molar refractivity (Wildman–Crippen MR) is 61.6 cm³/mol. The smallest absolute Gasteiger partial charge is 0.367 e. The fourth-order valence-corrected chi connectivity index (χ4v) is 1.90. The maximum atomic E-state index is 13.5. The number of hydrogen-bond donors (Lipinski definition) is 0. The van der Waals surface area contributed by atoms with E-state index in [9.17, 15) is 9.18 Å². The van der Waals surface area contributed by atoms with Crippen molar-refractivity contribution in [3.8, 4) is 0 Å². The van der Waals surface area contributed by atoms with Crippen LogP contribution in [0.15, 0.2) is 11.9 Å². The fourth-order valence-electron chi connectivity index (χ4n) is 1.90. The van der Waals surface area contributed by atoms with Gasteiger partial charge in [0.15, 0.2) is 0 Å². The molecule has 0 spiro atoms. The summed E-state index contributed by atoms with van der Waals surface area (Å²) in [5.74, 6) is -1.36. The van der Waals surface area contributed by atoms with Gasteiger partial charge in [0.1, 0.15) is 5.60 Å². The van der Waals surface area contributed by atoms with Crippen LogP contribution >= 0.6 is 0 Å². The lowest BCUT2D eigenvalue weighted by molar-refractivity contribution is -0.151. The second-order valence-corrected chi connectivity index (χ2v) is 5.41. The first kappa shape index (κ1) is 13.2. The van der Waals surface area contributed by atoms with E-state index in [1.807, 2.05) is 0 Å². The largest absolute Gasteiger partial charge is 0.455 e. The molecule has 1 saturated carbocycles. The van der Waals surface area contributed by atoms with Crippen molar-refractivity contribution in [1.82, 2.24) is 0 Å². The van der Waals surface area contributed by atoms with Crippen molar-refractivity contribution < 1.29 is 13.9 Å². The van der Waals surface area contributed by atoms with E-state index in [2.05, 4.69) is 0 Å². The van der Waals surface area contributed by atoms with Crippen molar-refractivity contribution in [3.05, 3.63) is 11.9 Å². The van der Waals surface area contributed by atoms with Gasteiger partial charge in [-0.25, -0.2) is 4.79 Å². The van der Waals surface area contributed by atoms with E-state index in [1.54, 1.807) is 20.8 Å². The van der Waals surface area contributed by atoms with Gasteiger partial charge >= 0.3 is 5.97 Å². The molecule has 0 aromatic rings. The molecule has 0 amide bonds. The quantitative estimate of drug-likeness (QED) is 0.531. The molecule has 1 rings (SSSR count). The van der Waals surface area contributed by atoms with Gasteiger partial charge in [-0.15, -0.1) is 0 Å². The van der Waals surface area contributed by atoms with Crippen LogP contribution in [0.5, 0.6) is 0 Å². The van der Waals surface area contributed by atoms with Crippen LogP contribution in [-0.4, -0.2) is 11.6 Å². The molecule has 0 radical (unpaired) electrons. The molecule has 0 saturated heterocycles. The highest BCUT2D eigenvalue weighted by Gasteiger charge is 2.21. The summed E-state index contributed by atoms with van der Waals surface area (Å²) >= 11 is 0. The molecule has 3 heteroatoms. The average molecular weight is 228 g/mol. The maximum Gasteiger partial charge on any atom is 0.367 e. The summed E-state index contributed by atoms with van der Waals surface area (Å²) in [6.45, 7) is 5.20. The molecule has 1 aliphatic rings. The lowest BCUT2D eigenvalue weighted by atomic mass is 9.89. The Kier molecular flexibility index (Phi) is 4.51. The van der Waals surface area contributed by atoms with E-state index in [-0.39, 0.29) is 5.92 Å². The lowest BCUT2D eigenvalue weighted by Crippen LogP contribution is -2.24. The van der Waals surface area contributed by atoms with Gasteiger partial charge in [-0.3, -0.25) is 0 Å². The molecule has 0 aromatic carbocycles. The Balaban J connectivity index is 2.51. The Morgan fingerprint density at radius 2 is 1.81 bits per heavy atom. The van der Waals surface area contributed by atoms with Crippen molar-refractivity contribution in [2.24, 2.45) is 5.92 Å². The zero-order chi connectivity index (χ0) is 12.2. The fraction of sp³-hybridized carbons (Fsp3) is 0.769. The summed E-state index contributed by atoms with van der Waals surface area (Å²) in [7, 11) is 0. The number of hydrogen-bond acceptors (Lipinski definition) is 2. The van der Waals surface area contributed by atoms with Gasteiger partial charge in [0.2, 0.25) is 5.83 Å². The van der Waals surface area contributed by atoms with E-state index in [1.165, 1.54) is 12.5 Å². The number of carbonyl (C=O) groups is 1. The van der Waals surface area contributed by atoms with Gasteiger partial charge in [0, 0.05) is 0 Å². The maximum absolute atomic E-state index is 13.5. The van der Waals surface area contributed by atoms with Crippen LogP contribution in [-0.2, 0) is 9.53 Å². The molecule has 0 unspecified atom stereocenters. The molecule has 1 aliphatic carbocycles. The van der Waals surface area contributed by atoms with Crippen LogP contribution in [0, 0.1) is 5.92 Å². The highest BCUT2D eigenvalue weighted by Crippen LogP contribution is 2.26. The Morgan fingerprint density at radius 1 is 1.25 bits per heavy atom. The standard InChI is InChI=1S/C13H21FO2/c1-13(2,3)16-12(15)11(14)9-10-7-5-4-6-8-10/h9-10H,4-8H2,1-3H3/b11-9+. The van der Waals surface area contributed by atoms with Crippen molar-refractivity contribution in [2.75, 3.05) is 0 Å². The van der Waals surface area contributed by atoms with E-state index in [0.717, 1.165) is 25.7 Å². The zero-order valence-electron chi connectivity index (χ0n) is 10.4. The molecule has 0 heterocycles. The number of esters is 1. The first-order valence-corrected chi connectivity index (χ1v) is 5.99. The Labute approximate surface area is 96.9 Å². The molecule has 2 nitrogen and oxygen atoms in total. The van der Waals surface area contributed by atoms with Crippen molar-refractivity contribution in [3.63, 3.8) is 0 Å². The van der Waals surface area contributed by atoms with Gasteiger partial charge in [-0.2, -0.15) is 4.39 Å². The summed E-state index contributed by atoms with van der Waals surface area (Å²) in [5.41, 5.74) is -0.630. The molecule has 0 aromatic heterocycles. The van der Waals surface area contributed by atoms with Gasteiger partial charge in [0.25, 0.3) is 0 Å². The minimum absolute atomic E-state index is 0.210. The number of rotatable bonds is 2. The summed E-state index contributed by atoms with van der Waals surface area (Å²) in [5, 5.41) is 0. The third-order valence-electron chi connectivity index (χ3n) is 2.63. The molecule has 1 fully saturated rings. The highest BCUT2D eigenvalue weighted by molar-refractivity contribution is 5.86. The van der Waals surface area contributed by atoms with E-state index in [4.69, 9.17) is 4.74 Å². The monoisotopic (exact) mass is 228 g/mol. The van der Waals surface area contributed by atoms with Crippen LogP contribution in [0.2, 0.25) is 0 Å². The molecule has 0 N–H and O–H groups in total. The number of halogens is 1. The molecule has 0 bridgehead atoms. The van der Waals surface area contributed by atoms with Gasteiger partial charge in [0.05, 0.1) is 0 Å². The van der Waals surface area contributed by atoms with E-state index >= 15 is 0 Å². The van der Waals surface area contributed by atoms with Gasteiger partial charge < -0.3 is 4.74 Å². The topological polar surface area (TPSA) is 26.3 Å². The van der Waals surface area contributed by atoms with E-state index in [0.29, 0.717) is 0 Å². The Bertz CT molecular complexity index is 270. The summed E-state index contributed by atoms with van der Waals surface area (Å²) in [4.78, 5) is 11.4. The second-order valence-electron chi connectivity index (χ2n) is 5.41. The molecule has 0 aliphatic heterocycles. The van der Waals surface area contributed by atoms with Crippen molar-refractivity contribution >= 4 is 5.97 Å². The number of allylic oxidation sites excluding steroid dienone is 1. The first-order chi connectivity index (χ1) is 7.38. The molecular weight excluding hydrogens is 207 g/mol. The highest BCUT2D eigenvalue weighted by atomic mass is 19.1. The normalized spacial score (nSPS) is 19.6. The van der Waals surface area contributed by atoms with Gasteiger partial charge in [-0.1, -0.05) is 19.3 Å². The molecular formula is C13H21FO2. The van der Waals surface area contributed by atoms with Crippen LogP contribution in [0.1, 0.15) is 52.9 Å². The van der Waals surface area contributed by atoms with Crippen LogP contribution in [0.25, 0.3) is 0 Å². The minimum atomic E-state index is -0.835. The number of ether oxygens (including phenoxy) is 1. The van der Waals surface area contributed by atoms with Crippen molar-refractivity contribution in [2.45, 2.75) is 58.5 Å². The molecule has 0 atom stereocenters. The molecule has 92 valence electrons. The third-order valence-corrected chi connectivity index (χ3v) is 2.63. The minimum Gasteiger partial charge on any atom is -0.455 e. The van der Waals surface area contributed by atoms with Crippen molar-refractivity contribution in [1.29, 1.82) is 0 Å². The predicted octanol–water partition coefficient (Wildman–Crippen LogP) is 3.76. The van der Waals surface area contributed by atoms with E-state index < -0.39 is 17.4 Å². The summed E-state index contributed by atoms with van der Waals surface area (Å²) < 4.78 is 18.5. The van der Waals surface area contributed by atoms with Crippen LogP contribution in [0.4, 0.5) is 4.39 Å². The second kappa shape index (κ2) is 5.46. The zero-order valence-corrected chi connectivity index (χ0v) is 10.4. The Morgan fingerprint density at radius 3 is 2.31 bits per heavy atom. The lowest BCUT2D eigenvalue weighted by Gasteiger charge is -2.20. The molecule has 16 heavy (non-hydrogen) atoms.